The van der Waals surface area contributed by atoms with Gasteiger partial charge in [-0.3, -0.25) is 14.5 Å². The summed E-state index contributed by atoms with van der Waals surface area (Å²) in [7, 11) is 0. The molecule has 2 rings (SSSR count). The minimum absolute atomic E-state index is 0.134. The van der Waals surface area contributed by atoms with E-state index >= 15 is 0 Å². The van der Waals surface area contributed by atoms with E-state index in [9.17, 15) is 9.59 Å². The summed E-state index contributed by atoms with van der Waals surface area (Å²) < 4.78 is 0. The van der Waals surface area contributed by atoms with Crippen LogP contribution in [-0.4, -0.2) is 21.7 Å². The highest BCUT2D eigenvalue weighted by Crippen LogP contribution is 2.33. The van der Waals surface area contributed by atoms with Crippen LogP contribution in [0.3, 0.4) is 0 Å². The Balaban J connectivity index is 2.44. The molecule has 1 aliphatic heterocycles. The van der Waals surface area contributed by atoms with Crippen LogP contribution in [0.5, 0.6) is 0 Å². The molecule has 0 aliphatic carbocycles. The second-order valence-electron chi connectivity index (χ2n) is 4.84. The Labute approximate surface area is 117 Å². The summed E-state index contributed by atoms with van der Waals surface area (Å²) in [6.07, 6.45) is 0. The normalized spacial score (nSPS) is 24.6. The van der Waals surface area contributed by atoms with Crippen LogP contribution in [0.1, 0.15) is 25.5 Å². The Morgan fingerprint density at radius 1 is 1.16 bits per heavy atom. The third kappa shape index (κ3) is 2.26. The maximum Gasteiger partial charge on any atom is 0.233 e. The lowest BCUT2D eigenvalue weighted by molar-refractivity contribution is -0.141. The van der Waals surface area contributed by atoms with Crippen molar-refractivity contribution in [3.05, 3.63) is 35.9 Å². The number of carbonyl (C=O) groups excluding carboxylic acids is 2. The quantitative estimate of drug-likeness (QED) is 0.673. The first-order chi connectivity index (χ1) is 8.95. The number of carbonyl (C=O) groups is 2. The Kier molecular flexibility index (Phi) is 3.66. The molecule has 1 aromatic rings. The van der Waals surface area contributed by atoms with Crippen LogP contribution in [0.25, 0.3) is 0 Å². The van der Waals surface area contributed by atoms with Gasteiger partial charge < -0.3 is 5.73 Å². The number of hydrogen-bond acceptors (Lipinski definition) is 3. The van der Waals surface area contributed by atoms with Crippen LogP contribution < -0.4 is 5.73 Å². The van der Waals surface area contributed by atoms with Gasteiger partial charge in [-0.2, -0.15) is 0 Å². The summed E-state index contributed by atoms with van der Waals surface area (Å²) in [5.74, 6) is -1.07. The first kappa shape index (κ1) is 13.7. The van der Waals surface area contributed by atoms with E-state index in [1.165, 1.54) is 4.90 Å². The SMILES string of the molecule is CC1C(=O)N(C(C(N)=S)c2ccccc2)C(=O)C1C. The van der Waals surface area contributed by atoms with Gasteiger partial charge in [0.25, 0.3) is 0 Å². The van der Waals surface area contributed by atoms with Crippen molar-refractivity contribution in [3.8, 4) is 0 Å². The molecule has 0 saturated carbocycles. The molecule has 0 bridgehead atoms. The fraction of sp³-hybridized carbons (Fsp3) is 0.357. The van der Waals surface area contributed by atoms with Crippen molar-refractivity contribution < 1.29 is 9.59 Å². The van der Waals surface area contributed by atoms with Crippen LogP contribution in [0.4, 0.5) is 0 Å². The van der Waals surface area contributed by atoms with Gasteiger partial charge >= 0.3 is 0 Å². The molecule has 0 spiro atoms. The number of nitrogens with two attached hydrogens (primary N) is 1. The zero-order valence-electron chi connectivity index (χ0n) is 10.9. The number of rotatable bonds is 3. The lowest BCUT2D eigenvalue weighted by atomic mass is 10.00. The molecule has 1 saturated heterocycles. The molecule has 1 aromatic carbocycles. The zero-order valence-corrected chi connectivity index (χ0v) is 11.7. The Hall–Kier alpha value is -1.75. The van der Waals surface area contributed by atoms with Crippen molar-refractivity contribution in [2.24, 2.45) is 17.6 Å². The van der Waals surface area contributed by atoms with Crippen molar-refractivity contribution in [2.75, 3.05) is 0 Å². The largest absolute Gasteiger partial charge is 0.391 e. The van der Waals surface area contributed by atoms with Gasteiger partial charge in [0.1, 0.15) is 11.0 Å². The number of hydrogen-bond donors (Lipinski definition) is 1. The van der Waals surface area contributed by atoms with E-state index in [1.54, 1.807) is 13.8 Å². The number of likely N-dealkylation sites (tertiary alicyclic amines) is 1. The lowest BCUT2D eigenvalue weighted by Crippen LogP contribution is -2.41. The van der Waals surface area contributed by atoms with Crippen LogP contribution in [0, 0.1) is 11.8 Å². The lowest BCUT2D eigenvalue weighted by Gasteiger charge is -2.26. The smallest absolute Gasteiger partial charge is 0.233 e. The maximum absolute atomic E-state index is 12.2. The van der Waals surface area contributed by atoms with Crippen molar-refractivity contribution in [3.63, 3.8) is 0 Å². The Morgan fingerprint density at radius 3 is 2.05 bits per heavy atom. The van der Waals surface area contributed by atoms with Crippen molar-refractivity contribution in [1.82, 2.24) is 4.90 Å². The van der Waals surface area contributed by atoms with E-state index in [2.05, 4.69) is 0 Å². The van der Waals surface area contributed by atoms with E-state index in [0.29, 0.717) is 0 Å². The van der Waals surface area contributed by atoms with Crippen molar-refractivity contribution in [1.29, 1.82) is 0 Å². The number of amides is 2. The third-order valence-electron chi connectivity index (χ3n) is 3.65. The fourth-order valence-electron chi connectivity index (χ4n) is 2.31. The number of thiocarbonyl (C=S) groups is 1. The summed E-state index contributed by atoms with van der Waals surface area (Å²) in [6, 6.07) is 8.51. The molecular formula is C14H16N2O2S. The summed E-state index contributed by atoms with van der Waals surface area (Å²) in [5.41, 5.74) is 6.51. The first-order valence-electron chi connectivity index (χ1n) is 6.16. The number of imide groups is 1. The molecule has 3 unspecified atom stereocenters. The van der Waals surface area contributed by atoms with Crippen LogP contribution >= 0.6 is 12.2 Å². The van der Waals surface area contributed by atoms with E-state index in [1.807, 2.05) is 30.3 Å². The average molecular weight is 276 g/mol. The van der Waals surface area contributed by atoms with E-state index in [0.717, 1.165) is 5.56 Å². The summed E-state index contributed by atoms with van der Waals surface area (Å²) in [6.45, 7) is 3.51. The highest BCUT2D eigenvalue weighted by Gasteiger charge is 2.46. The highest BCUT2D eigenvalue weighted by molar-refractivity contribution is 7.80. The fourth-order valence-corrected chi connectivity index (χ4v) is 2.55. The van der Waals surface area contributed by atoms with Gasteiger partial charge in [0.2, 0.25) is 11.8 Å². The molecule has 2 amide bonds. The molecule has 0 aromatic heterocycles. The second kappa shape index (κ2) is 5.09. The Morgan fingerprint density at radius 2 is 1.63 bits per heavy atom. The standard InChI is InChI=1S/C14H16N2O2S/c1-8-9(2)14(18)16(13(8)17)11(12(15)19)10-6-4-3-5-7-10/h3-9,11H,1-2H3,(H2,15,19). The molecule has 5 heteroatoms. The molecule has 100 valence electrons. The third-order valence-corrected chi connectivity index (χ3v) is 3.87. The molecule has 2 N–H and O–H groups in total. The molecule has 4 nitrogen and oxygen atoms in total. The monoisotopic (exact) mass is 276 g/mol. The van der Waals surface area contributed by atoms with E-state index < -0.39 is 6.04 Å². The van der Waals surface area contributed by atoms with Crippen LogP contribution in [0.15, 0.2) is 30.3 Å². The van der Waals surface area contributed by atoms with E-state index in [-0.39, 0.29) is 28.6 Å². The van der Waals surface area contributed by atoms with Gasteiger partial charge in [0.15, 0.2) is 0 Å². The molecule has 1 heterocycles. The number of benzene rings is 1. The second-order valence-corrected chi connectivity index (χ2v) is 5.31. The van der Waals surface area contributed by atoms with E-state index in [4.69, 9.17) is 18.0 Å². The Bertz CT molecular complexity index is 510. The predicted octanol–water partition coefficient (Wildman–Crippen LogP) is 1.65. The van der Waals surface area contributed by atoms with Crippen LogP contribution in [-0.2, 0) is 9.59 Å². The van der Waals surface area contributed by atoms with Gasteiger partial charge in [0.05, 0.1) is 0 Å². The van der Waals surface area contributed by atoms with Gasteiger partial charge in [-0.05, 0) is 5.56 Å². The molecule has 0 radical (unpaired) electrons. The van der Waals surface area contributed by atoms with Crippen LogP contribution in [0.2, 0.25) is 0 Å². The minimum atomic E-state index is -0.649. The summed E-state index contributed by atoms with van der Waals surface area (Å²) in [5, 5.41) is 0. The minimum Gasteiger partial charge on any atom is -0.391 e. The van der Waals surface area contributed by atoms with Gasteiger partial charge in [-0.25, -0.2) is 0 Å². The van der Waals surface area contributed by atoms with Gasteiger partial charge in [-0.15, -0.1) is 0 Å². The maximum atomic E-state index is 12.2. The average Bonchev–Trinajstić information content (AvgIpc) is 2.58. The highest BCUT2D eigenvalue weighted by atomic mass is 32.1. The summed E-state index contributed by atoms with van der Waals surface area (Å²) in [4.78, 5) is 25.8. The van der Waals surface area contributed by atoms with Crippen molar-refractivity contribution >= 4 is 29.0 Å². The predicted molar refractivity (Wildman–Crippen MR) is 76.1 cm³/mol. The van der Waals surface area contributed by atoms with Gasteiger partial charge in [-0.1, -0.05) is 56.4 Å². The molecule has 1 fully saturated rings. The topological polar surface area (TPSA) is 63.4 Å². The first-order valence-corrected chi connectivity index (χ1v) is 6.57. The molecule has 1 aliphatic rings. The number of nitrogens with zero attached hydrogens (tertiary/aromatic N) is 1. The zero-order chi connectivity index (χ0) is 14.2. The molecule has 19 heavy (non-hydrogen) atoms. The summed E-state index contributed by atoms with van der Waals surface area (Å²) >= 11 is 5.05. The van der Waals surface area contributed by atoms with Gasteiger partial charge in [0, 0.05) is 11.8 Å². The van der Waals surface area contributed by atoms with Crippen molar-refractivity contribution in [2.45, 2.75) is 19.9 Å². The molecular weight excluding hydrogens is 260 g/mol. The molecule has 3 atom stereocenters.